The standard InChI is InChI=1S/C19H21F3N4O2/c1-12-10-13(2)24-18(23-12)26-9-3-4-14(11-26)17(27)25-15-5-7-16(8-6-15)28-19(20,21)22/h5-8,10,14H,3-4,9,11H2,1-2H3,(H,25,27)/t14-/m1/s1. The van der Waals surface area contributed by atoms with Crippen molar-refractivity contribution in [2.45, 2.75) is 33.1 Å². The van der Waals surface area contributed by atoms with Crippen molar-refractivity contribution in [2.75, 3.05) is 23.3 Å². The van der Waals surface area contributed by atoms with Gasteiger partial charge in [0.2, 0.25) is 11.9 Å². The number of benzene rings is 1. The molecule has 28 heavy (non-hydrogen) atoms. The Balaban J connectivity index is 1.62. The van der Waals surface area contributed by atoms with E-state index < -0.39 is 6.36 Å². The zero-order valence-electron chi connectivity index (χ0n) is 15.6. The highest BCUT2D eigenvalue weighted by molar-refractivity contribution is 5.93. The molecule has 150 valence electrons. The zero-order valence-corrected chi connectivity index (χ0v) is 15.6. The van der Waals surface area contributed by atoms with Gasteiger partial charge >= 0.3 is 6.36 Å². The average Bonchev–Trinajstić information content (AvgIpc) is 2.61. The maximum atomic E-state index is 12.6. The molecule has 1 atom stereocenters. The van der Waals surface area contributed by atoms with Crippen LogP contribution < -0.4 is 15.0 Å². The van der Waals surface area contributed by atoms with Gasteiger partial charge in [0.25, 0.3) is 0 Å². The van der Waals surface area contributed by atoms with E-state index in [1.54, 1.807) is 0 Å². The number of aromatic nitrogens is 2. The molecular weight excluding hydrogens is 373 g/mol. The number of anilines is 2. The van der Waals surface area contributed by atoms with Gasteiger partial charge in [-0.1, -0.05) is 0 Å². The Morgan fingerprint density at radius 3 is 2.43 bits per heavy atom. The summed E-state index contributed by atoms with van der Waals surface area (Å²) in [6.45, 7) is 5.07. The quantitative estimate of drug-likeness (QED) is 0.853. The van der Waals surface area contributed by atoms with E-state index in [9.17, 15) is 18.0 Å². The molecular formula is C19H21F3N4O2. The molecule has 1 aliphatic heterocycles. The van der Waals surface area contributed by atoms with Gasteiger partial charge in [-0.3, -0.25) is 4.79 Å². The minimum Gasteiger partial charge on any atom is -0.406 e. The number of nitrogens with one attached hydrogen (secondary N) is 1. The number of hydrogen-bond acceptors (Lipinski definition) is 5. The first-order valence-electron chi connectivity index (χ1n) is 8.93. The maximum Gasteiger partial charge on any atom is 0.573 e. The average molecular weight is 394 g/mol. The smallest absolute Gasteiger partial charge is 0.406 e. The fourth-order valence-corrected chi connectivity index (χ4v) is 3.21. The molecule has 1 aromatic heterocycles. The van der Waals surface area contributed by atoms with Crippen molar-refractivity contribution in [1.82, 2.24) is 9.97 Å². The van der Waals surface area contributed by atoms with Crippen molar-refractivity contribution in [1.29, 1.82) is 0 Å². The van der Waals surface area contributed by atoms with Gasteiger partial charge in [0.15, 0.2) is 0 Å². The number of rotatable bonds is 4. The first-order chi connectivity index (χ1) is 13.2. The van der Waals surface area contributed by atoms with E-state index in [1.165, 1.54) is 24.3 Å². The molecule has 2 aromatic rings. The molecule has 1 saturated heterocycles. The largest absolute Gasteiger partial charge is 0.573 e. The van der Waals surface area contributed by atoms with Crippen LogP contribution in [0.3, 0.4) is 0 Å². The van der Waals surface area contributed by atoms with E-state index in [2.05, 4.69) is 20.0 Å². The Labute approximate surface area is 160 Å². The number of carbonyl (C=O) groups is 1. The summed E-state index contributed by atoms with van der Waals surface area (Å²) in [6.07, 6.45) is -3.19. The van der Waals surface area contributed by atoms with Gasteiger partial charge in [0.05, 0.1) is 5.92 Å². The molecule has 0 aliphatic carbocycles. The highest BCUT2D eigenvalue weighted by Gasteiger charge is 2.31. The van der Waals surface area contributed by atoms with Crippen LogP contribution in [0.4, 0.5) is 24.8 Å². The Bertz CT molecular complexity index is 820. The summed E-state index contributed by atoms with van der Waals surface area (Å²) in [5.41, 5.74) is 2.16. The van der Waals surface area contributed by atoms with Gasteiger partial charge in [-0.25, -0.2) is 9.97 Å². The second-order valence-electron chi connectivity index (χ2n) is 6.80. The highest BCUT2D eigenvalue weighted by Crippen LogP contribution is 2.25. The van der Waals surface area contributed by atoms with Crippen LogP contribution in [-0.4, -0.2) is 35.3 Å². The van der Waals surface area contributed by atoms with E-state index in [4.69, 9.17) is 0 Å². The molecule has 3 rings (SSSR count). The van der Waals surface area contributed by atoms with Crippen LogP contribution in [0, 0.1) is 19.8 Å². The van der Waals surface area contributed by atoms with Crippen molar-refractivity contribution in [3.63, 3.8) is 0 Å². The second kappa shape index (κ2) is 8.04. The molecule has 9 heteroatoms. The van der Waals surface area contributed by atoms with E-state index in [1.807, 2.05) is 24.8 Å². The molecule has 0 unspecified atom stereocenters. The predicted octanol–water partition coefficient (Wildman–Crippen LogP) is 3.85. The topological polar surface area (TPSA) is 67.4 Å². The number of ether oxygens (including phenoxy) is 1. The Morgan fingerprint density at radius 1 is 1.18 bits per heavy atom. The lowest BCUT2D eigenvalue weighted by molar-refractivity contribution is -0.274. The summed E-state index contributed by atoms with van der Waals surface area (Å²) in [5.74, 6) is -0.159. The highest BCUT2D eigenvalue weighted by atomic mass is 19.4. The van der Waals surface area contributed by atoms with Crippen molar-refractivity contribution in [3.05, 3.63) is 41.7 Å². The Kier molecular flexibility index (Phi) is 5.71. The summed E-state index contributed by atoms with van der Waals surface area (Å²) in [7, 11) is 0. The van der Waals surface area contributed by atoms with Crippen molar-refractivity contribution >= 4 is 17.5 Å². The lowest BCUT2D eigenvalue weighted by Gasteiger charge is -2.32. The normalized spacial score (nSPS) is 17.3. The Morgan fingerprint density at radius 2 is 1.82 bits per heavy atom. The molecule has 1 N–H and O–H groups in total. The molecule has 1 aromatic carbocycles. The number of alkyl halides is 3. The summed E-state index contributed by atoms with van der Waals surface area (Å²) in [6, 6.07) is 6.99. The molecule has 1 aliphatic rings. The van der Waals surface area contributed by atoms with Gasteiger partial charge in [0.1, 0.15) is 5.75 Å². The van der Waals surface area contributed by atoms with Crippen molar-refractivity contribution < 1.29 is 22.7 Å². The van der Waals surface area contributed by atoms with Crippen molar-refractivity contribution in [3.8, 4) is 5.75 Å². The SMILES string of the molecule is Cc1cc(C)nc(N2CCC[C@@H](C(=O)Nc3ccc(OC(F)(F)F)cc3)C2)n1. The molecule has 1 fully saturated rings. The fourth-order valence-electron chi connectivity index (χ4n) is 3.21. The summed E-state index contributed by atoms with van der Waals surface area (Å²) in [4.78, 5) is 23.5. The van der Waals surface area contributed by atoms with Gasteiger partial charge < -0.3 is 15.0 Å². The lowest BCUT2D eigenvalue weighted by Crippen LogP contribution is -2.41. The third-order valence-electron chi connectivity index (χ3n) is 4.40. The lowest BCUT2D eigenvalue weighted by atomic mass is 9.97. The predicted molar refractivity (Wildman–Crippen MR) is 98.2 cm³/mol. The molecule has 0 radical (unpaired) electrons. The van der Waals surface area contributed by atoms with Crippen molar-refractivity contribution in [2.24, 2.45) is 5.92 Å². The Hall–Kier alpha value is -2.84. The summed E-state index contributed by atoms with van der Waals surface area (Å²) in [5, 5.41) is 2.75. The number of amides is 1. The third kappa shape index (κ3) is 5.34. The number of halogens is 3. The number of nitrogens with zero attached hydrogens (tertiary/aromatic N) is 3. The fraction of sp³-hybridized carbons (Fsp3) is 0.421. The van der Waals surface area contributed by atoms with Gasteiger partial charge in [-0.2, -0.15) is 0 Å². The first-order valence-corrected chi connectivity index (χ1v) is 8.93. The van der Waals surface area contributed by atoms with Gasteiger partial charge in [0, 0.05) is 30.2 Å². The van der Waals surface area contributed by atoms with E-state index in [0.717, 1.165) is 30.8 Å². The number of carbonyl (C=O) groups excluding carboxylic acids is 1. The van der Waals surface area contributed by atoms with Crippen LogP contribution in [0.5, 0.6) is 5.75 Å². The van der Waals surface area contributed by atoms with Gasteiger partial charge in [-0.15, -0.1) is 13.2 Å². The molecule has 6 nitrogen and oxygen atoms in total. The third-order valence-corrected chi connectivity index (χ3v) is 4.40. The van der Waals surface area contributed by atoms with Crippen LogP contribution in [0.15, 0.2) is 30.3 Å². The zero-order chi connectivity index (χ0) is 20.3. The van der Waals surface area contributed by atoms with E-state index in [-0.39, 0.29) is 17.6 Å². The van der Waals surface area contributed by atoms with Crippen LogP contribution in [0.1, 0.15) is 24.2 Å². The molecule has 1 amide bonds. The molecule has 0 bridgehead atoms. The summed E-state index contributed by atoms with van der Waals surface area (Å²) >= 11 is 0. The molecule has 0 spiro atoms. The minimum atomic E-state index is -4.74. The summed E-state index contributed by atoms with van der Waals surface area (Å²) < 4.78 is 40.5. The van der Waals surface area contributed by atoms with Gasteiger partial charge in [-0.05, 0) is 57.0 Å². The van der Waals surface area contributed by atoms with E-state index in [0.29, 0.717) is 18.2 Å². The number of aryl methyl sites for hydroxylation is 2. The monoisotopic (exact) mass is 394 g/mol. The van der Waals surface area contributed by atoms with Crippen LogP contribution in [0.2, 0.25) is 0 Å². The first kappa shape index (κ1) is 19.9. The van der Waals surface area contributed by atoms with Crippen LogP contribution in [0.25, 0.3) is 0 Å². The number of hydrogen-bond donors (Lipinski definition) is 1. The molecule has 0 saturated carbocycles. The van der Waals surface area contributed by atoms with Crippen LogP contribution >= 0.6 is 0 Å². The minimum absolute atomic E-state index is 0.182. The maximum absolute atomic E-state index is 12.6. The molecule has 2 heterocycles. The number of piperidine rings is 1. The van der Waals surface area contributed by atoms with E-state index >= 15 is 0 Å². The second-order valence-corrected chi connectivity index (χ2v) is 6.80. The van der Waals surface area contributed by atoms with Crippen LogP contribution in [-0.2, 0) is 4.79 Å².